The fourth-order valence-corrected chi connectivity index (χ4v) is 2.97. The van der Waals surface area contributed by atoms with Gasteiger partial charge in [-0.3, -0.25) is 9.67 Å². The molecule has 2 aromatic rings. The maximum Gasteiger partial charge on any atom is 0.191 e. The molecule has 1 aromatic heterocycles. The Balaban J connectivity index is 1.81. The number of guanidine groups is 1. The average molecular weight is 358 g/mol. The van der Waals surface area contributed by atoms with Crippen molar-refractivity contribution in [3.05, 3.63) is 46.8 Å². The number of nitrogens with zero attached hydrogens (tertiary/aromatic N) is 3. The van der Waals surface area contributed by atoms with E-state index in [0.717, 1.165) is 36.9 Å². The highest BCUT2D eigenvalue weighted by molar-refractivity contribution is 5.79. The first-order valence-corrected chi connectivity index (χ1v) is 9.03. The molecule has 1 unspecified atom stereocenters. The number of nitrogens with one attached hydrogen (secondary N) is 2. The summed E-state index contributed by atoms with van der Waals surface area (Å²) < 4.78 is 7.13. The van der Waals surface area contributed by atoms with Gasteiger partial charge in [-0.05, 0) is 43.9 Å². The second kappa shape index (κ2) is 9.27. The maximum atomic E-state index is 5.22. The Morgan fingerprint density at radius 3 is 2.46 bits per heavy atom. The summed E-state index contributed by atoms with van der Waals surface area (Å²) in [5.74, 6) is 2.17. The van der Waals surface area contributed by atoms with Crippen molar-refractivity contribution in [2.45, 2.75) is 39.7 Å². The first-order valence-electron chi connectivity index (χ1n) is 9.03. The number of rotatable bonds is 7. The van der Waals surface area contributed by atoms with Gasteiger partial charge in [0.05, 0.1) is 12.8 Å². The van der Waals surface area contributed by atoms with E-state index < -0.39 is 0 Å². The van der Waals surface area contributed by atoms with Gasteiger partial charge in [0.2, 0.25) is 0 Å². The second-order valence-electron chi connectivity index (χ2n) is 6.59. The molecule has 0 radical (unpaired) electrons. The van der Waals surface area contributed by atoms with Gasteiger partial charge in [-0.2, -0.15) is 5.10 Å². The fraction of sp³-hybridized carbons (Fsp3) is 0.500. The number of aromatic nitrogens is 2. The third-order valence-electron chi connectivity index (χ3n) is 4.87. The molecule has 0 saturated carbocycles. The van der Waals surface area contributed by atoms with Gasteiger partial charge in [-0.25, -0.2) is 0 Å². The van der Waals surface area contributed by atoms with Crippen molar-refractivity contribution in [3.8, 4) is 5.75 Å². The van der Waals surface area contributed by atoms with Gasteiger partial charge in [0.15, 0.2) is 5.96 Å². The Morgan fingerprint density at radius 1 is 1.23 bits per heavy atom. The van der Waals surface area contributed by atoms with Crippen LogP contribution in [0, 0.1) is 13.8 Å². The minimum atomic E-state index is 0.467. The van der Waals surface area contributed by atoms with Crippen LogP contribution in [0.2, 0.25) is 0 Å². The van der Waals surface area contributed by atoms with E-state index in [2.05, 4.69) is 46.7 Å². The predicted octanol–water partition coefficient (Wildman–Crippen LogP) is 2.90. The summed E-state index contributed by atoms with van der Waals surface area (Å²) in [7, 11) is 5.46. The molecule has 2 rings (SSSR count). The van der Waals surface area contributed by atoms with Crippen LogP contribution in [-0.4, -0.2) is 36.4 Å². The van der Waals surface area contributed by atoms with E-state index >= 15 is 0 Å². The van der Waals surface area contributed by atoms with E-state index in [1.807, 2.05) is 30.8 Å². The lowest BCUT2D eigenvalue weighted by atomic mass is 9.98. The van der Waals surface area contributed by atoms with E-state index in [1.165, 1.54) is 16.8 Å². The zero-order valence-electron chi connectivity index (χ0n) is 16.8. The molecule has 0 amide bonds. The third-order valence-corrected chi connectivity index (χ3v) is 4.87. The predicted molar refractivity (Wildman–Crippen MR) is 107 cm³/mol. The number of ether oxygens (including phenoxy) is 1. The van der Waals surface area contributed by atoms with Gasteiger partial charge in [0.25, 0.3) is 0 Å². The Hall–Kier alpha value is -2.50. The lowest BCUT2D eigenvalue weighted by molar-refractivity contribution is 0.414. The highest BCUT2D eigenvalue weighted by Gasteiger charge is 2.10. The molecule has 1 aromatic carbocycles. The molecule has 1 heterocycles. The summed E-state index contributed by atoms with van der Waals surface area (Å²) >= 11 is 0. The maximum absolute atomic E-state index is 5.22. The summed E-state index contributed by atoms with van der Waals surface area (Å²) in [5.41, 5.74) is 4.78. The minimum absolute atomic E-state index is 0.467. The Morgan fingerprint density at radius 2 is 1.92 bits per heavy atom. The highest BCUT2D eigenvalue weighted by Crippen LogP contribution is 2.21. The van der Waals surface area contributed by atoms with Crippen LogP contribution < -0.4 is 15.4 Å². The topological polar surface area (TPSA) is 63.5 Å². The van der Waals surface area contributed by atoms with Crippen LogP contribution in [0.15, 0.2) is 29.3 Å². The SMILES string of the molecule is CN=C(NCCC(C)c1ccc(OC)cc1)NCc1c(C)nn(C)c1C. The molecule has 0 fully saturated rings. The molecule has 142 valence electrons. The molecule has 26 heavy (non-hydrogen) atoms. The summed E-state index contributed by atoms with van der Waals surface area (Å²) in [6.07, 6.45) is 1.03. The van der Waals surface area contributed by atoms with Crippen LogP contribution in [0.5, 0.6) is 5.75 Å². The van der Waals surface area contributed by atoms with Crippen LogP contribution in [0.4, 0.5) is 0 Å². The number of aliphatic imine (C=N–C) groups is 1. The van der Waals surface area contributed by atoms with Crippen LogP contribution in [0.1, 0.15) is 41.8 Å². The van der Waals surface area contributed by atoms with Crippen molar-refractivity contribution in [2.24, 2.45) is 12.0 Å². The molecule has 0 bridgehead atoms. The van der Waals surface area contributed by atoms with Gasteiger partial charge in [-0.1, -0.05) is 19.1 Å². The quantitative estimate of drug-likeness (QED) is 0.591. The normalized spacial score (nSPS) is 12.8. The molecule has 0 saturated heterocycles. The van der Waals surface area contributed by atoms with Gasteiger partial charge in [0, 0.05) is 38.4 Å². The third kappa shape index (κ3) is 5.00. The highest BCUT2D eigenvalue weighted by atomic mass is 16.5. The molecular weight excluding hydrogens is 326 g/mol. The smallest absolute Gasteiger partial charge is 0.191 e. The first-order chi connectivity index (χ1) is 12.5. The van der Waals surface area contributed by atoms with Gasteiger partial charge in [-0.15, -0.1) is 0 Å². The van der Waals surface area contributed by atoms with Gasteiger partial charge < -0.3 is 15.4 Å². The van der Waals surface area contributed by atoms with Crippen LogP contribution in [0.3, 0.4) is 0 Å². The summed E-state index contributed by atoms with van der Waals surface area (Å²) in [6.45, 7) is 7.94. The number of benzene rings is 1. The molecule has 0 aliphatic carbocycles. The van der Waals surface area contributed by atoms with Gasteiger partial charge in [0.1, 0.15) is 5.75 Å². The van der Waals surface area contributed by atoms with Crippen molar-refractivity contribution in [3.63, 3.8) is 0 Å². The number of hydrogen-bond donors (Lipinski definition) is 2. The van der Waals surface area contributed by atoms with Crippen LogP contribution >= 0.6 is 0 Å². The lowest BCUT2D eigenvalue weighted by Gasteiger charge is -2.15. The fourth-order valence-electron chi connectivity index (χ4n) is 2.97. The summed E-state index contributed by atoms with van der Waals surface area (Å²) in [6, 6.07) is 8.28. The summed E-state index contributed by atoms with van der Waals surface area (Å²) in [5, 5.41) is 11.2. The second-order valence-corrected chi connectivity index (χ2v) is 6.59. The number of methoxy groups -OCH3 is 1. The van der Waals surface area contributed by atoms with E-state index in [1.54, 1.807) is 14.2 Å². The van der Waals surface area contributed by atoms with E-state index in [9.17, 15) is 0 Å². The molecule has 1 atom stereocenters. The van der Waals surface area contributed by atoms with Gasteiger partial charge >= 0.3 is 0 Å². The molecule has 0 aliphatic rings. The Labute approximate surface area is 156 Å². The van der Waals surface area contributed by atoms with E-state index in [0.29, 0.717) is 5.92 Å². The monoisotopic (exact) mass is 357 g/mol. The number of aryl methyl sites for hydroxylation is 2. The molecule has 0 spiro atoms. The average Bonchev–Trinajstić information content (AvgIpc) is 2.89. The summed E-state index contributed by atoms with van der Waals surface area (Å²) in [4.78, 5) is 4.31. The lowest BCUT2D eigenvalue weighted by Crippen LogP contribution is -2.37. The van der Waals surface area contributed by atoms with Crippen molar-refractivity contribution in [1.82, 2.24) is 20.4 Å². The molecule has 6 nitrogen and oxygen atoms in total. The van der Waals surface area contributed by atoms with E-state index in [4.69, 9.17) is 4.74 Å². The zero-order valence-corrected chi connectivity index (χ0v) is 16.8. The molecule has 2 N–H and O–H groups in total. The minimum Gasteiger partial charge on any atom is -0.497 e. The molecular formula is C20H31N5O. The molecule has 0 aliphatic heterocycles. The van der Waals surface area contributed by atoms with Crippen molar-refractivity contribution in [1.29, 1.82) is 0 Å². The van der Waals surface area contributed by atoms with Crippen LogP contribution in [-0.2, 0) is 13.6 Å². The van der Waals surface area contributed by atoms with Crippen molar-refractivity contribution in [2.75, 3.05) is 20.7 Å². The Bertz CT molecular complexity index is 733. The largest absolute Gasteiger partial charge is 0.497 e. The van der Waals surface area contributed by atoms with Crippen molar-refractivity contribution < 1.29 is 4.74 Å². The first kappa shape index (κ1) is 19.8. The standard InChI is InChI=1S/C20H31N5O/c1-14(17-7-9-18(26-6)10-8-17)11-12-22-20(21-4)23-13-19-15(2)24-25(5)16(19)3/h7-10,14H,11-13H2,1-6H3,(H2,21,22,23). The molecule has 6 heteroatoms. The van der Waals surface area contributed by atoms with Crippen LogP contribution in [0.25, 0.3) is 0 Å². The van der Waals surface area contributed by atoms with Crippen molar-refractivity contribution >= 4 is 5.96 Å². The zero-order chi connectivity index (χ0) is 19.1. The Kier molecular flexibility index (Phi) is 7.06. The van der Waals surface area contributed by atoms with E-state index in [-0.39, 0.29) is 0 Å². The number of hydrogen-bond acceptors (Lipinski definition) is 3.